The van der Waals surface area contributed by atoms with Crippen molar-refractivity contribution in [2.24, 2.45) is 5.73 Å². The molecule has 5 heteroatoms. The minimum Gasteiger partial charge on any atom is -0.402 e. The van der Waals surface area contributed by atoms with Gasteiger partial charge in [0.1, 0.15) is 0 Å². The second kappa shape index (κ2) is 12.3. The second-order valence-electron chi connectivity index (χ2n) is 4.85. The molecule has 0 atom stereocenters. The molecular formula is C16H28BrN4+. The Morgan fingerprint density at radius 2 is 1.90 bits per heavy atom. The Morgan fingerprint density at radius 3 is 2.38 bits per heavy atom. The van der Waals surface area contributed by atoms with Crippen LogP contribution in [0.2, 0.25) is 0 Å². The third-order valence-electron chi connectivity index (χ3n) is 2.52. The van der Waals surface area contributed by atoms with Crippen molar-refractivity contribution in [3.63, 3.8) is 0 Å². The molecule has 1 aromatic carbocycles. The van der Waals surface area contributed by atoms with Crippen LogP contribution in [0.5, 0.6) is 0 Å². The largest absolute Gasteiger partial charge is 0.402 e. The van der Waals surface area contributed by atoms with Gasteiger partial charge in [-0.25, -0.2) is 0 Å². The summed E-state index contributed by atoms with van der Waals surface area (Å²) in [5.74, 6) is 0. The van der Waals surface area contributed by atoms with Gasteiger partial charge in [-0.1, -0.05) is 15.9 Å². The number of anilines is 2. The van der Waals surface area contributed by atoms with E-state index in [1.807, 2.05) is 68.5 Å². The van der Waals surface area contributed by atoms with Crippen LogP contribution in [-0.2, 0) is 0 Å². The fourth-order valence-electron chi connectivity index (χ4n) is 1.35. The van der Waals surface area contributed by atoms with Crippen molar-refractivity contribution in [3.8, 4) is 0 Å². The highest BCUT2D eigenvalue weighted by Crippen LogP contribution is 2.12. The quantitative estimate of drug-likeness (QED) is 0.316. The van der Waals surface area contributed by atoms with E-state index >= 15 is 0 Å². The maximum atomic E-state index is 5.51. The van der Waals surface area contributed by atoms with E-state index in [9.17, 15) is 0 Å². The second-order valence-corrected chi connectivity index (χ2v) is 5.64. The van der Waals surface area contributed by atoms with E-state index in [-0.39, 0.29) is 0 Å². The molecule has 0 aliphatic heterocycles. The zero-order chi connectivity index (χ0) is 16.1. The van der Waals surface area contributed by atoms with E-state index in [0.717, 1.165) is 23.3 Å². The first-order chi connectivity index (χ1) is 9.97. The van der Waals surface area contributed by atoms with Gasteiger partial charge in [0.25, 0.3) is 0 Å². The number of halogens is 1. The van der Waals surface area contributed by atoms with Crippen molar-refractivity contribution in [1.29, 1.82) is 0 Å². The Kier molecular flexibility index (Phi) is 11.4. The maximum Gasteiger partial charge on any atom is 0.0926 e. The van der Waals surface area contributed by atoms with Gasteiger partial charge in [0.15, 0.2) is 0 Å². The summed E-state index contributed by atoms with van der Waals surface area (Å²) in [6.45, 7) is 3.00. The molecule has 0 saturated carbocycles. The lowest BCUT2D eigenvalue weighted by atomic mass is 10.3. The smallest absolute Gasteiger partial charge is 0.0926 e. The van der Waals surface area contributed by atoms with Crippen molar-refractivity contribution >= 4 is 27.3 Å². The molecule has 21 heavy (non-hydrogen) atoms. The summed E-state index contributed by atoms with van der Waals surface area (Å²) >= 11 is 3.37. The Labute approximate surface area is 137 Å². The molecule has 0 aromatic heterocycles. The van der Waals surface area contributed by atoms with Gasteiger partial charge in [0.2, 0.25) is 0 Å². The van der Waals surface area contributed by atoms with Gasteiger partial charge in [-0.05, 0) is 43.3 Å². The van der Waals surface area contributed by atoms with Crippen LogP contribution in [0, 0.1) is 0 Å². The van der Waals surface area contributed by atoms with E-state index < -0.39 is 0 Å². The van der Waals surface area contributed by atoms with Gasteiger partial charge in [-0.3, -0.25) is 0 Å². The van der Waals surface area contributed by atoms with Crippen molar-refractivity contribution in [3.05, 3.63) is 48.3 Å². The Hall–Kier alpha value is -1.46. The standard InChI is InChI=1S/C8H15BrN2.C8H12N2/c1-8(10)4-2-6-11-7-3-5-9;1-10(2)8-5-3-7(9)4-6-8/h2,4,6,11H,3,5,7,10H2,1H3;3-6H,9H2,1-2H3/p+1/b6-2-,8-4+;. The topological polar surface area (TPSA) is 71.9 Å². The Morgan fingerprint density at radius 1 is 1.29 bits per heavy atom. The van der Waals surface area contributed by atoms with Crippen molar-refractivity contribution in [2.45, 2.75) is 13.3 Å². The predicted octanol–water partition coefficient (Wildman–Crippen LogP) is 2.05. The first kappa shape index (κ1) is 19.5. The van der Waals surface area contributed by atoms with Gasteiger partial charge in [0.05, 0.1) is 12.7 Å². The number of allylic oxidation sites excluding steroid dienone is 3. The molecule has 1 rings (SSSR count). The van der Waals surface area contributed by atoms with Crippen molar-refractivity contribution in [1.82, 2.24) is 0 Å². The van der Waals surface area contributed by atoms with E-state index in [0.29, 0.717) is 0 Å². The fourth-order valence-corrected chi connectivity index (χ4v) is 1.67. The molecular weight excluding hydrogens is 328 g/mol. The summed E-state index contributed by atoms with van der Waals surface area (Å²) in [5, 5.41) is 3.21. The zero-order valence-corrected chi connectivity index (χ0v) is 14.8. The molecule has 4 nitrogen and oxygen atoms in total. The number of quaternary nitrogens is 1. The summed E-state index contributed by atoms with van der Waals surface area (Å²) < 4.78 is 0. The third-order valence-corrected chi connectivity index (χ3v) is 3.08. The van der Waals surface area contributed by atoms with Gasteiger partial charge >= 0.3 is 0 Å². The summed E-state index contributed by atoms with van der Waals surface area (Å²) in [6, 6.07) is 7.79. The molecule has 0 heterocycles. The summed E-state index contributed by atoms with van der Waals surface area (Å²) in [6.07, 6.45) is 7.07. The lowest BCUT2D eigenvalue weighted by Gasteiger charge is -2.11. The van der Waals surface area contributed by atoms with E-state index in [4.69, 9.17) is 11.5 Å². The van der Waals surface area contributed by atoms with Crippen LogP contribution in [0.1, 0.15) is 13.3 Å². The van der Waals surface area contributed by atoms with E-state index in [2.05, 4.69) is 21.2 Å². The maximum absolute atomic E-state index is 5.51. The molecule has 0 aliphatic rings. The summed E-state index contributed by atoms with van der Waals surface area (Å²) in [5.41, 5.74) is 13.8. The zero-order valence-electron chi connectivity index (χ0n) is 13.2. The minimum atomic E-state index is 0.811. The Bertz CT molecular complexity index is 420. The molecule has 0 amide bonds. The molecule has 0 spiro atoms. The normalized spacial score (nSPS) is 11.1. The van der Waals surface area contributed by atoms with Crippen LogP contribution in [0.25, 0.3) is 0 Å². The van der Waals surface area contributed by atoms with Crippen LogP contribution in [-0.4, -0.2) is 26.0 Å². The Balaban J connectivity index is 0.000000382. The highest BCUT2D eigenvalue weighted by molar-refractivity contribution is 9.09. The van der Waals surface area contributed by atoms with Gasteiger partial charge < -0.3 is 21.7 Å². The molecule has 118 valence electrons. The van der Waals surface area contributed by atoms with Crippen LogP contribution < -0.4 is 21.7 Å². The molecule has 1 aromatic rings. The van der Waals surface area contributed by atoms with E-state index in [1.54, 1.807) is 0 Å². The number of hydrogen-bond donors (Lipinski definition) is 3. The lowest BCUT2D eigenvalue weighted by Crippen LogP contribution is -2.78. The van der Waals surface area contributed by atoms with Crippen LogP contribution in [0.15, 0.2) is 48.3 Å². The molecule has 0 aliphatic carbocycles. The van der Waals surface area contributed by atoms with Crippen LogP contribution >= 0.6 is 15.9 Å². The van der Waals surface area contributed by atoms with Gasteiger partial charge in [-0.2, -0.15) is 0 Å². The first-order valence-electron chi connectivity index (χ1n) is 6.98. The average Bonchev–Trinajstić information content (AvgIpc) is 2.43. The minimum absolute atomic E-state index is 0.811. The van der Waals surface area contributed by atoms with Crippen LogP contribution in [0.3, 0.4) is 0 Å². The molecule has 0 bridgehead atoms. The SMILES string of the molecule is C/C(N)=C\C=C/[NH2+]CCCBr.CN(C)c1ccc(N)cc1. The summed E-state index contributed by atoms with van der Waals surface area (Å²) in [4.78, 5) is 2.04. The number of hydrogen-bond acceptors (Lipinski definition) is 3. The average molecular weight is 356 g/mol. The first-order valence-corrected chi connectivity index (χ1v) is 8.10. The molecule has 0 unspecified atom stereocenters. The lowest BCUT2D eigenvalue weighted by molar-refractivity contribution is -0.587. The number of alkyl halides is 1. The predicted molar refractivity (Wildman–Crippen MR) is 97.5 cm³/mol. The number of nitrogens with two attached hydrogens (primary N) is 3. The van der Waals surface area contributed by atoms with E-state index in [1.165, 1.54) is 12.1 Å². The van der Waals surface area contributed by atoms with Crippen molar-refractivity contribution < 1.29 is 5.32 Å². The highest BCUT2D eigenvalue weighted by atomic mass is 79.9. The third kappa shape index (κ3) is 12.0. The highest BCUT2D eigenvalue weighted by Gasteiger charge is 1.91. The molecule has 0 saturated heterocycles. The van der Waals surface area contributed by atoms with Gasteiger partial charge in [-0.15, -0.1) is 0 Å². The molecule has 0 radical (unpaired) electrons. The number of benzene rings is 1. The number of rotatable bonds is 6. The van der Waals surface area contributed by atoms with Gasteiger partial charge in [0, 0.05) is 42.9 Å². The monoisotopic (exact) mass is 355 g/mol. The number of nitrogen functional groups attached to an aromatic ring is 1. The van der Waals surface area contributed by atoms with Crippen LogP contribution in [0.4, 0.5) is 11.4 Å². The summed E-state index contributed by atoms with van der Waals surface area (Å²) in [7, 11) is 4.01. The van der Waals surface area contributed by atoms with Crippen molar-refractivity contribution in [2.75, 3.05) is 36.6 Å². The number of nitrogens with zero attached hydrogens (tertiary/aromatic N) is 1. The molecule has 0 fully saturated rings. The fraction of sp³-hybridized carbons (Fsp3) is 0.375. The molecule has 6 N–H and O–H groups in total.